The number of hydrogen-bond donors (Lipinski definition) is 7. The maximum Gasteiger partial charge on any atom is 0.407 e. The second kappa shape index (κ2) is 37.7. The molecule has 89 heavy (non-hydrogen) atoms. The normalized spacial score (nSPS) is 17.2. The molecule has 1 aliphatic rings. The van der Waals surface area contributed by atoms with E-state index < -0.39 is 89.6 Å². The summed E-state index contributed by atoms with van der Waals surface area (Å²) in [4.78, 5) is 112. The standard InChI is InChI=1S/C66H109N9O14/c1-17-44(7)57(51(85-15)39-53(77)75-37-24-27-50(75)59(86-16)45(8)60(80)70-46(9)58(79)48-25-20-19-21-26-48)74(14)62(82)55(42(3)4)72-61(81)56(43(5)6)73(13)54(78)41-89-65(10,11)34-38-88-66(12,18-2)33-36-69-64(84)87-40-47-29-31-49(32-30-47)71-52(76)28-22-23-35-68-63(67)83/h19-21,25-26,29-32,42-46,50-51,55-59,79H,17-18,22-24,27-28,33-41H2,1-16H3,(H,69,84)(H,70,80)(H,71,76)(H,72,81)(H3,67,68,83)/t44-,45+,46+,50-,51?,55-,56?,57-,58+,59+,66?/m0/s1. The predicted octanol–water partition coefficient (Wildman–Crippen LogP) is 7.23. The summed E-state index contributed by atoms with van der Waals surface area (Å²) in [5, 5.41) is 25.0. The zero-order chi connectivity index (χ0) is 66.8. The van der Waals surface area contributed by atoms with E-state index in [4.69, 9.17) is 29.4 Å². The molecule has 0 aliphatic carbocycles. The van der Waals surface area contributed by atoms with Crippen LogP contribution in [0.4, 0.5) is 15.3 Å². The molecule has 11 atom stereocenters. The molecule has 2 aromatic carbocycles. The van der Waals surface area contributed by atoms with Crippen LogP contribution in [-0.4, -0.2) is 182 Å². The van der Waals surface area contributed by atoms with Crippen molar-refractivity contribution in [1.82, 2.24) is 36.0 Å². The van der Waals surface area contributed by atoms with Crippen molar-refractivity contribution >= 4 is 53.3 Å². The van der Waals surface area contributed by atoms with Gasteiger partial charge in [-0.05, 0) is 114 Å². The summed E-state index contributed by atoms with van der Waals surface area (Å²) in [5.74, 6) is -3.50. The number of alkyl carbamates (subject to hydrolysis) is 1. The summed E-state index contributed by atoms with van der Waals surface area (Å²) in [6.07, 6.45) is 2.10. The lowest BCUT2D eigenvalue weighted by Crippen LogP contribution is -2.60. The van der Waals surface area contributed by atoms with Gasteiger partial charge in [0.2, 0.25) is 35.4 Å². The van der Waals surface area contributed by atoms with Gasteiger partial charge in [-0.3, -0.25) is 28.8 Å². The van der Waals surface area contributed by atoms with Crippen molar-refractivity contribution in [1.29, 1.82) is 0 Å². The van der Waals surface area contributed by atoms with Gasteiger partial charge in [-0.15, -0.1) is 0 Å². The van der Waals surface area contributed by atoms with Crippen LogP contribution in [0.5, 0.6) is 0 Å². The van der Waals surface area contributed by atoms with Crippen LogP contribution in [0.1, 0.15) is 165 Å². The van der Waals surface area contributed by atoms with Gasteiger partial charge in [-0.1, -0.05) is 104 Å². The molecule has 3 rings (SSSR count). The topological polar surface area (TPSA) is 299 Å². The first-order valence-electron chi connectivity index (χ1n) is 31.8. The number of carbonyl (C=O) groups excluding carboxylic acids is 8. The Morgan fingerprint density at radius 1 is 0.787 bits per heavy atom. The molecule has 0 spiro atoms. The van der Waals surface area contributed by atoms with E-state index in [1.165, 1.54) is 19.1 Å². The van der Waals surface area contributed by atoms with E-state index in [1.807, 2.05) is 87.4 Å². The average molecular weight is 1250 g/mol. The molecular weight excluding hydrogens is 1140 g/mol. The first kappa shape index (κ1) is 76.8. The number of aliphatic hydroxyl groups is 1. The molecule has 1 fully saturated rings. The van der Waals surface area contributed by atoms with Gasteiger partial charge in [-0.25, -0.2) is 9.59 Å². The number of methoxy groups -OCH3 is 2. The van der Waals surface area contributed by atoms with Crippen LogP contribution in [0.2, 0.25) is 0 Å². The first-order chi connectivity index (χ1) is 41.9. The number of primary amides is 1. The number of rotatable bonds is 39. The maximum atomic E-state index is 14.8. The van der Waals surface area contributed by atoms with Crippen LogP contribution in [0.15, 0.2) is 54.6 Å². The van der Waals surface area contributed by atoms with Crippen LogP contribution in [0, 0.1) is 23.7 Å². The van der Waals surface area contributed by atoms with Crippen molar-refractivity contribution in [3.8, 4) is 0 Å². The third kappa shape index (κ3) is 24.7. The first-order valence-corrected chi connectivity index (χ1v) is 31.8. The summed E-state index contributed by atoms with van der Waals surface area (Å²) in [7, 11) is 6.27. The summed E-state index contributed by atoms with van der Waals surface area (Å²) < 4.78 is 30.0. The third-order valence-electron chi connectivity index (χ3n) is 17.3. The summed E-state index contributed by atoms with van der Waals surface area (Å²) in [6.45, 7) is 23.7. The van der Waals surface area contributed by atoms with Crippen LogP contribution in [-0.2, 0) is 59.1 Å². The Bertz CT molecular complexity index is 2540. The Morgan fingerprint density at radius 2 is 1.45 bits per heavy atom. The van der Waals surface area contributed by atoms with E-state index in [-0.39, 0.29) is 61.0 Å². The number of nitrogens with one attached hydrogen (secondary N) is 5. The van der Waals surface area contributed by atoms with E-state index in [9.17, 15) is 43.5 Å². The van der Waals surface area contributed by atoms with Crippen LogP contribution in [0.3, 0.4) is 0 Å². The number of amides is 9. The fourth-order valence-corrected chi connectivity index (χ4v) is 11.2. The highest BCUT2D eigenvalue weighted by molar-refractivity contribution is 5.93. The van der Waals surface area contributed by atoms with E-state index in [2.05, 4.69) is 26.6 Å². The van der Waals surface area contributed by atoms with Crippen LogP contribution >= 0.6 is 0 Å². The van der Waals surface area contributed by atoms with Crippen molar-refractivity contribution in [3.05, 3.63) is 65.7 Å². The van der Waals surface area contributed by atoms with Crippen LogP contribution in [0.25, 0.3) is 0 Å². The zero-order valence-corrected chi connectivity index (χ0v) is 56.1. The Hall–Kier alpha value is -6.40. The quantitative estimate of drug-likeness (QED) is 0.0325. The molecule has 0 radical (unpaired) electrons. The molecule has 23 nitrogen and oxygen atoms in total. The Balaban J connectivity index is 1.56. The lowest BCUT2D eigenvalue weighted by molar-refractivity contribution is -0.151. The number of aliphatic hydroxyl groups excluding tert-OH is 1. The van der Waals surface area contributed by atoms with Crippen molar-refractivity contribution < 1.29 is 67.1 Å². The fourth-order valence-electron chi connectivity index (χ4n) is 11.2. The van der Waals surface area contributed by atoms with Gasteiger partial charge in [0, 0.05) is 60.1 Å². The third-order valence-corrected chi connectivity index (χ3v) is 17.3. The zero-order valence-electron chi connectivity index (χ0n) is 56.1. The number of carbonyl (C=O) groups is 8. The molecule has 9 amide bonds. The summed E-state index contributed by atoms with van der Waals surface area (Å²) >= 11 is 0. The van der Waals surface area contributed by atoms with E-state index in [0.717, 1.165) is 5.56 Å². The molecule has 3 unspecified atom stereocenters. The molecule has 0 bridgehead atoms. The van der Waals surface area contributed by atoms with Crippen molar-refractivity contribution in [2.45, 2.75) is 214 Å². The molecule has 23 heteroatoms. The van der Waals surface area contributed by atoms with Gasteiger partial charge in [-0.2, -0.15) is 0 Å². The summed E-state index contributed by atoms with van der Waals surface area (Å²) in [5.41, 5.74) is 5.69. The van der Waals surface area contributed by atoms with E-state index >= 15 is 0 Å². The Morgan fingerprint density at radius 3 is 2.03 bits per heavy atom. The van der Waals surface area contributed by atoms with E-state index in [0.29, 0.717) is 95.3 Å². The van der Waals surface area contributed by atoms with Gasteiger partial charge >= 0.3 is 12.1 Å². The second-order valence-electron chi connectivity index (χ2n) is 25.4. The molecule has 502 valence electrons. The number of nitrogens with two attached hydrogens (primary N) is 1. The lowest BCUT2D eigenvalue weighted by Gasteiger charge is -2.41. The van der Waals surface area contributed by atoms with E-state index in [1.54, 1.807) is 74.1 Å². The fraction of sp³-hybridized carbons (Fsp3) is 0.697. The molecule has 2 aromatic rings. The number of urea groups is 1. The maximum absolute atomic E-state index is 14.8. The molecule has 1 heterocycles. The van der Waals surface area contributed by atoms with Gasteiger partial charge in [0.05, 0.1) is 66.6 Å². The Labute approximate surface area is 529 Å². The number of likely N-dealkylation sites (N-methyl/N-ethyl adjacent to an activating group) is 2. The molecule has 1 saturated heterocycles. The number of ether oxygens (including phenoxy) is 5. The largest absolute Gasteiger partial charge is 0.445 e. The molecule has 8 N–H and O–H groups in total. The minimum absolute atomic E-state index is 0.0301. The van der Waals surface area contributed by atoms with Gasteiger partial charge in [0.25, 0.3) is 0 Å². The van der Waals surface area contributed by atoms with Crippen LogP contribution < -0.4 is 32.3 Å². The van der Waals surface area contributed by atoms with Crippen molar-refractivity contribution in [2.75, 3.05) is 66.5 Å². The van der Waals surface area contributed by atoms with Gasteiger partial charge in [0.15, 0.2) is 0 Å². The Kier molecular flexibility index (Phi) is 32.5. The SMILES string of the molecule is CC[C@H](C)[C@@H](C(CC(=O)N1CCC[C@H]1[C@H](OC)[C@@H](C)C(=O)N[C@H](C)[C@@H](O)c1ccccc1)OC)N(C)C(=O)[C@@H](NC(=O)C(C(C)C)N(C)C(=O)COC(C)(C)CCOC(C)(CC)CCNC(=O)OCc1ccc(NC(=O)CCCCNC(N)=O)cc1)C(C)C. The molecule has 0 saturated carbocycles. The minimum Gasteiger partial charge on any atom is -0.445 e. The number of nitrogens with zero attached hydrogens (tertiary/aromatic N) is 3. The monoisotopic (exact) mass is 1250 g/mol. The highest BCUT2D eigenvalue weighted by Crippen LogP contribution is 2.31. The predicted molar refractivity (Wildman–Crippen MR) is 342 cm³/mol. The molecule has 0 aromatic heterocycles. The van der Waals surface area contributed by atoms with Crippen molar-refractivity contribution in [3.63, 3.8) is 0 Å². The average Bonchev–Trinajstić information content (AvgIpc) is 3.02. The highest BCUT2D eigenvalue weighted by atomic mass is 16.5. The minimum atomic E-state index is -0.998. The number of hydrogen-bond acceptors (Lipinski definition) is 14. The van der Waals surface area contributed by atoms with Gasteiger partial charge in [0.1, 0.15) is 25.3 Å². The lowest BCUT2D eigenvalue weighted by atomic mass is 9.89. The van der Waals surface area contributed by atoms with Crippen molar-refractivity contribution in [2.24, 2.45) is 29.4 Å². The van der Waals surface area contributed by atoms with Gasteiger partial charge < -0.3 is 75.8 Å². The molecular formula is C66H109N9O14. The highest BCUT2D eigenvalue weighted by Gasteiger charge is 2.44. The molecule has 1 aliphatic heterocycles. The summed E-state index contributed by atoms with van der Waals surface area (Å²) in [6, 6.07) is 11.9. The number of unbranched alkanes of at least 4 members (excludes halogenated alkanes) is 1. The smallest absolute Gasteiger partial charge is 0.407 e. The number of likely N-dealkylation sites (tertiary alicyclic amines) is 1. The second-order valence-corrected chi connectivity index (χ2v) is 25.4. The number of benzene rings is 2. The number of anilines is 1.